The van der Waals surface area contributed by atoms with E-state index in [0.29, 0.717) is 26.2 Å². The highest BCUT2D eigenvalue weighted by atomic mass is 16.5. The van der Waals surface area contributed by atoms with E-state index in [1.54, 1.807) is 0 Å². The highest BCUT2D eigenvalue weighted by Gasteiger charge is 2.13. The van der Waals surface area contributed by atoms with Gasteiger partial charge in [-0.05, 0) is 19.4 Å². The Bertz CT molecular complexity index is 111. The highest BCUT2D eigenvalue weighted by molar-refractivity contribution is 4.71. The lowest BCUT2D eigenvalue weighted by atomic mass is 10.2. The number of hydrogen-bond acceptors (Lipinski definition) is 4. The van der Waals surface area contributed by atoms with Crippen molar-refractivity contribution in [1.82, 2.24) is 5.06 Å². The van der Waals surface area contributed by atoms with E-state index < -0.39 is 0 Å². The van der Waals surface area contributed by atoms with Gasteiger partial charge in [0.05, 0.1) is 12.7 Å². The first kappa shape index (κ1) is 8.93. The summed E-state index contributed by atoms with van der Waals surface area (Å²) >= 11 is 0. The van der Waals surface area contributed by atoms with E-state index in [0.717, 1.165) is 17.9 Å². The summed E-state index contributed by atoms with van der Waals surface area (Å²) < 4.78 is 5.35. The molecule has 0 amide bonds. The van der Waals surface area contributed by atoms with Gasteiger partial charge in [0.1, 0.15) is 0 Å². The van der Waals surface area contributed by atoms with Gasteiger partial charge in [0.2, 0.25) is 0 Å². The molecular formula is C7H15N2O2-. The number of hydrogen-bond donors (Lipinski definition) is 1. The fourth-order valence-electron chi connectivity index (χ4n) is 1.21. The molecule has 4 nitrogen and oxygen atoms in total. The Hall–Kier alpha value is -0.160. The number of hydroxylamine groups is 2. The average Bonchev–Trinajstić information content (AvgIpc) is 2.01. The largest absolute Gasteiger partial charge is 0.785 e. The quantitative estimate of drug-likeness (QED) is 0.626. The zero-order valence-electron chi connectivity index (χ0n) is 6.66. The van der Waals surface area contributed by atoms with Crippen molar-refractivity contribution in [3.63, 3.8) is 0 Å². The van der Waals surface area contributed by atoms with E-state index in [2.05, 4.69) is 0 Å². The monoisotopic (exact) mass is 159 g/mol. The van der Waals surface area contributed by atoms with Gasteiger partial charge in [0, 0.05) is 13.1 Å². The third-order valence-electron chi connectivity index (χ3n) is 1.83. The Kier molecular flexibility index (Phi) is 3.79. The van der Waals surface area contributed by atoms with Gasteiger partial charge in [-0.25, -0.2) is 0 Å². The molecule has 1 saturated heterocycles. The van der Waals surface area contributed by atoms with Crippen molar-refractivity contribution in [3.8, 4) is 0 Å². The Morgan fingerprint density at radius 1 is 1.64 bits per heavy atom. The molecule has 0 radical (unpaired) electrons. The van der Waals surface area contributed by atoms with Crippen LogP contribution in [0, 0.1) is 5.21 Å². The Morgan fingerprint density at radius 3 is 3.09 bits per heavy atom. The van der Waals surface area contributed by atoms with Crippen LogP contribution in [0.2, 0.25) is 0 Å². The SMILES string of the molecule is NCCCC1CN([O-])CCO1. The molecule has 4 heteroatoms. The minimum atomic E-state index is 0.116. The van der Waals surface area contributed by atoms with E-state index in [9.17, 15) is 5.21 Å². The minimum Gasteiger partial charge on any atom is -0.785 e. The van der Waals surface area contributed by atoms with Crippen LogP contribution in [0.25, 0.3) is 0 Å². The Morgan fingerprint density at radius 2 is 2.45 bits per heavy atom. The van der Waals surface area contributed by atoms with E-state index in [4.69, 9.17) is 10.5 Å². The van der Waals surface area contributed by atoms with Crippen molar-refractivity contribution in [2.45, 2.75) is 18.9 Å². The minimum absolute atomic E-state index is 0.116. The van der Waals surface area contributed by atoms with Crippen LogP contribution in [0.15, 0.2) is 0 Å². The second-order valence-corrected chi connectivity index (χ2v) is 2.81. The van der Waals surface area contributed by atoms with Crippen LogP contribution in [-0.4, -0.2) is 37.4 Å². The predicted molar refractivity (Wildman–Crippen MR) is 43.0 cm³/mol. The van der Waals surface area contributed by atoms with Gasteiger partial charge in [0.15, 0.2) is 0 Å². The normalized spacial score (nSPS) is 27.3. The maximum atomic E-state index is 10.8. The maximum Gasteiger partial charge on any atom is 0.0693 e. The smallest absolute Gasteiger partial charge is 0.0693 e. The first-order chi connectivity index (χ1) is 5.33. The van der Waals surface area contributed by atoms with Gasteiger partial charge in [-0.15, -0.1) is 0 Å². The first-order valence-corrected chi connectivity index (χ1v) is 4.06. The summed E-state index contributed by atoms with van der Waals surface area (Å²) in [4.78, 5) is 0. The number of rotatable bonds is 3. The van der Waals surface area contributed by atoms with Crippen LogP contribution in [0.1, 0.15) is 12.8 Å². The van der Waals surface area contributed by atoms with Crippen LogP contribution in [-0.2, 0) is 4.74 Å². The van der Waals surface area contributed by atoms with Gasteiger partial charge in [0.25, 0.3) is 0 Å². The Balaban J connectivity index is 2.12. The summed E-state index contributed by atoms with van der Waals surface area (Å²) in [5.74, 6) is 0. The standard InChI is InChI=1S/C7H15N2O2/c8-3-1-2-7-6-9(10)4-5-11-7/h7H,1-6,8H2/q-1. The highest BCUT2D eigenvalue weighted by Crippen LogP contribution is 2.08. The molecule has 1 atom stereocenters. The fourth-order valence-corrected chi connectivity index (χ4v) is 1.21. The molecular weight excluding hydrogens is 144 g/mol. The molecule has 0 aliphatic carbocycles. The van der Waals surface area contributed by atoms with Crippen molar-refractivity contribution < 1.29 is 4.74 Å². The molecule has 11 heavy (non-hydrogen) atoms. The summed E-state index contributed by atoms with van der Waals surface area (Å²) in [6.07, 6.45) is 1.97. The summed E-state index contributed by atoms with van der Waals surface area (Å²) in [6, 6.07) is 0. The molecule has 1 rings (SSSR count). The first-order valence-electron chi connectivity index (χ1n) is 4.06. The molecule has 1 unspecified atom stereocenters. The van der Waals surface area contributed by atoms with Crippen LogP contribution >= 0.6 is 0 Å². The molecule has 2 N–H and O–H groups in total. The molecule has 0 aromatic rings. The Labute approximate surface area is 66.9 Å². The van der Waals surface area contributed by atoms with Crippen molar-refractivity contribution >= 4 is 0 Å². The van der Waals surface area contributed by atoms with E-state index >= 15 is 0 Å². The second kappa shape index (κ2) is 4.66. The van der Waals surface area contributed by atoms with E-state index in [1.165, 1.54) is 0 Å². The van der Waals surface area contributed by atoms with E-state index in [1.807, 2.05) is 0 Å². The number of morpholine rings is 1. The average molecular weight is 159 g/mol. The predicted octanol–water partition coefficient (Wildman–Crippen LogP) is -0.0761. The molecule has 1 fully saturated rings. The molecule has 1 aliphatic rings. The van der Waals surface area contributed by atoms with Crippen molar-refractivity contribution in [2.24, 2.45) is 5.73 Å². The van der Waals surface area contributed by atoms with Gasteiger partial charge >= 0.3 is 0 Å². The number of nitrogens with zero attached hydrogens (tertiary/aromatic N) is 1. The van der Waals surface area contributed by atoms with Gasteiger partial charge < -0.3 is 20.7 Å². The molecule has 66 valence electrons. The van der Waals surface area contributed by atoms with Crippen molar-refractivity contribution in [2.75, 3.05) is 26.2 Å². The third kappa shape index (κ3) is 3.16. The summed E-state index contributed by atoms with van der Waals surface area (Å²) in [7, 11) is 0. The molecule has 0 saturated carbocycles. The molecule has 0 spiro atoms. The van der Waals surface area contributed by atoms with Gasteiger partial charge in [-0.1, -0.05) is 0 Å². The van der Waals surface area contributed by atoms with Crippen LogP contribution < -0.4 is 5.73 Å². The van der Waals surface area contributed by atoms with Crippen LogP contribution in [0.4, 0.5) is 0 Å². The summed E-state index contributed by atoms with van der Waals surface area (Å²) in [6.45, 7) is 2.27. The van der Waals surface area contributed by atoms with E-state index in [-0.39, 0.29) is 6.10 Å². The van der Waals surface area contributed by atoms with Crippen LogP contribution in [0.3, 0.4) is 0 Å². The lowest BCUT2D eigenvalue weighted by molar-refractivity contribution is -0.0168. The zero-order chi connectivity index (χ0) is 8.10. The third-order valence-corrected chi connectivity index (χ3v) is 1.83. The second-order valence-electron chi connectivity index (χ2n) is 2.81. The lowest BCUT2D eigenvalue weighted by Crippen LogP contribution is -2.39. The van der Waals surface area contributed by atoms with Gasteiger partial charge in [-0.3, -0.25) is 0 Å². The topological polar surface area (TPSA) is 61.5 Å². The maximum absolute atomic E-state index is 10.8. The summed E-state index contributed by atoms with van der Waals surface area (Å²) in [5, 5.41) is 11.9. The molecule has 1 heterocycles. The zero-order valence-corrected chi connectivity index (χ0v) is 6.66. The fraction of sp³-hybridized carbons (Fsp3) is 1.00. The number of ether oxygens (including phenoxy) is 1. The van der Waals surface area contributed by atoms with Gasteiger partial charge in [-0.2, -0.15) is 0 Å². The van der Waals surface area contributed by atoms with Crippen molar-refractivity contribution in [1.29, 1.82) is 0 Å². The molecule has 0 bridgehead atoms. The molecule has 1 aliphatic heterocycles. The summed E-state index contributed by atoms with van der Waals surface area (Å²) in [5.41, 5.74) is 5.33. The van der Waals surface area contributed by atoms with Crippen molar-refractivity contribution in [3.05, 3.63) is 5.21 Å². The molecule has 0 aromatic heterocycles. The molecule has 0 aromatic carbocycles. The lowest BCUT2D eigenvalue weighted by Gasteiger charge is -2.37. The number of nitrogens with two attached hydrogens (primary N) is 1. The van der Waals surface area contributed by atoms with Crippen LogP contribution in [0.5, 0.6) is 0 Å².